The summed E-state index contributed by atoms with van der Waals surface area (Å²) in [7, 11) is 0. The molecular weight excluding hydrogens is 554 g/mol. The molecule has 6 aromatic carbocycles. The lowest BCUT2D eigenvalue weighted by Crippen LogP contribution is -2.00. The Kier molecular flexibility index (Phi) is 4.93. The van der Waals surface area contributed by atoms with Crippen molar-refractivity contribution in [2.75, 3.05) is 0 Å². The SMILES string of the molecule is c1ccc(-c2nc(-c3ccccc3-n3c4ccccc4c4c5c(ccc43)oc3ccccc35)c3c(n2)oc2ccccc23)cc1. The van der Waals surface area contributed by atoms with E-state index in [-0.39, 0.29) is 0 Å². The second kappa shape index (κ2) is 9.15. The number of nitrogens with zero attached hydrogens (tertiary/aromatic N) is 3. The molecule has 0 N–H and O–H groups in total. The fraction of sp³-hybridized carbons (Fsp3) is 0. The smallest absolute Gasteiger partial charge is 0.231 e. The van der Waals surface area contributed by atoms with Gasteiger partial charge in [0.2, 0.25) is 5.71 Å². The van der Waals surface area contributed by atoms with Crippen molar-refractivity contribution in [3.8, 4) is 28.3 Å². The van der Waals surface area contributed by atoms with Crippen LogP contribution >= 0.6 is 0 Å². The summed E-state index contributed by atoms with van der Waals surface area (Å²) < 4.78 is 15.0. The molecule has 10 rings (SSSR count). The van der Waals surface area contributed by atoms with E-state index in [2.05, 4.69) is 83.4 Å². The molecule has 0 saturated heterocycles. The highest BCUT2D eigenvalue weighted by Gasteiger charge is 2.23. The maximum Gasteiger partial charge on any atom is 0.231 e. The Labute approximate surface area is 256 Å². The van der Waals surface area contributed by atoms with Gasteiger partial charge in [-0.05, 0) is 36.4 Å². The minimum absolute atomic E-state index is 0.573. The molecule has 0 radical (unpaired) electrons. The van der Waals surface area contributed by atoms with Crippen LogP contribution in [-0.4, -0.2) is 14.5 Å². The number of hydrogen-bond donors (Lipinski definition) is 0. The van der Waals surface area contributed by atoms with E-state index in [0.717, 1.165) is 71.8 Å². The zero-order valence-electron chi connectivity index (χ0n) is 23.9. The Bertz CT molecular complexity index is 2770. The molecule has 5 nitrogen and oxygen atoms in total. The van der Waals surface area contributed by atoms with Crippen LogP contribution in [0.4, 0.5) is 0 Å². The van der Waals surface area contributed by atoms with Crippen LogP contribution in [0, 0.1) is 0 Å². The summed E-state index contributed by atoms with van der Waals surface area (Å²) in [6, 6.07) is 47.8. The number of aromatic nitrogens is 3. The van der Waals surface area contributed by atoms with Crippen molar-refractivity contribution in [1.29, 1.82) is 0 Å². The molecule has 0 bridgehead atoms. The Morgan fingerprint density at radius 2 is 1.11 bits per heavy atom. The van der Waals surface area contributed by atoms with Crippen molar-refractivity contribution in [3.05, 3.63) is 140 Å². The van der Waals surface area contributed by atoms with Gasteiger partial charge < -0.3 is 13.4 Å². The molecule has 4 heterocycles. The number of para-hydroxylation sites is 4. The number of furan rings is 2. The maximum absolute atomic E-state index is 6.36. The minimum Gasteiger partial charge on any atom is -0.456 e. The fourth-order valence-electron chi connectivity index (χ4n) is 6.94. The van der Waals surface area contributed by atoms with Gasteiger partial charge in [0.1, 0.15) is 16.7 Å². The van der Waals surface area contributed by atoms with Crippen LogP contribution in [0.2, 0.25) is 0 Å². The highest BCUT2D eigenvalue weighted by molar-refractivity contribution is 6.27. The van der Waals surface area contributed by atoms with Crippen LogP contribution in [0.25, 0.3) is 94.1 Å². The van der Waals surface area contributed by atoms with Crippen molar-refractivity contribution < 1.29 is 8.83 Å². The largest absolute Gasteiger partial charge is 0.456 e. The van der Waals surface area contributed by atoms with Crippen molar-refractivity contribution in [1.82, 2.24) is 14.5 Å². The lowest BCUT2D eigenvalue weighted by atomic mass is 10.0. The van der Waals surface area contributed by atoms with Crippen LogP contribution in [0.3, 0.4) is 0 Å². The highest BCUT2D eigenvalue weighted by atomic mass is 16.3. The summed E-state index contributed by atoms with van der Waals surface area (Å²) >= 11 is 0. The molecule has 0 aliphatic carbocycles. The van der Waals surface area contributed by atoms with Gasteiger partial charge in [-0.1, -0.05) is 103 Å². The molecule has 0 atom stereocenters. The average molecular weight is 578 g/mol. The molecule has 45 heavy (non-hydrogen) atoms. The van der Waals surface area contributed by atoms with Crippen molar-refractivity contribution >= 4 is 65.8 Å². The van der Waals surface area contributed by atoms with Crippen LogP contribution < -0.4 is 0 Å². The predicted octanol–water partition coefficient (Wildman–Crippen LogP) is 10.7. The Morgan fingerprint density at radius 1 is 0.444 bits per heavy atom. The lowest BCUT2D eigenvalue weighted by molar-refractivity contribution is 0.653. The second-order valence-corrected chi connectivity index (χ2v) is 11.3. The van der Waals surface area contributed by atoms with Gasteiger partial charge in [-0.3, -0.25) is 0 Å². The van der Waals surface area contributed by atoms with Gasteiger partial charge in [0.25, 0.3) is 0 Å². The van der Waals surface area contributed by atoms with E-state index < -0.39 is 0 Å². The van der Waals surface area contributed by atoms with Crippen molar-refractivity contribution in [3.63, 3.8) is 0 Å². The van der Waals surface area contributed by atoms with Crippen LogP contribution in [0.1, 0.15) is 0 Å². The molecule has 0 saturated carbocycles. The van der Waals surface area contributed by atoms with E-state index in [9.17, 15) is 0 Å². The molecular formula is C40H23N3O2. The van der Waals surface area contributed by atoms with E-state index in [1.165, 1.54) is 10.8 Å². The monoisotopic (exact) mass is 577 g/mol. The summed E-state index contributed by atoms with van der Waals surface area (Å²) in [5, 5.41) is 6.49. The van der Waals surface area contributed by atoms with Gasteiger partial charge in [-0.15, -0.1) is 0 Å². The zero-order valence-corrected chi connectivity index (χ0v) is 23.9. The first-order valence-corrected chi connectivity index (χ1v) is 15.0. The van der Waals surface area contributed by atoms with Crippen LogP contribution in [-0.2, 0) is 0 Å². The zero-order chi connectivity index (χ0) is 29.5. The topological polar surface area (TPSA) is 57.0 Å². The standard InChI is InChI=1S/C40H23N3O2/c1-2-12-24(13-3-1)39-41-38(37-28-17-7-11-21-33(28)45-40(37)42-39)26-15-5-9-19-30(26)43-29-18-8-4-14-25(29)35-31(43)22-23-34-36(35)27-16-6-10-20-32(27)44-34/h1-23H. The van der Waals surface area contributed by atoms with Crippen LogP contribution in [0.15, 0.2) is 148 Å². The third kappa shape index (κ3) is 3.43. The lowest BCUT2D eigenvalue weighted by Gasteiger charge is -2.15. The summed E-state index contributed by atoms with van der Waals surface area (Å²) in [4.78, 5) is 10.2. The van der Waals surface area contributed by atoms with Gasteiger partial charge in [0, 0.05) is 38.1 Å². The number of rotatable bonds is 3. The first-order chi connectivity index (χ1) is 22.3. The molecule has 10 aromatic rings. The summed E-state index contributed by atoms with van der Waals surface area (Å²) in [5.74, 6) is 0.626. The Hall–Kier alpha value is -6.20. The summed E-state index contributed by atoms with van der Waals surface area (Å²) in [6.45, 7) is 0. The number of benzene rings is 6. The van der Waals surface area contributed by atoms with Crippen molar-refractivity contribution in [2.45, 2.75) is 0 Å². The Morgan fingerprint density at radius 3 is 1.96 bits per heavy atom. The van der Waals surface area contributed by atoms with E-state index >= 15 is 0 Å². The van der Waals surface area contributed by atoms with E-state index in [4.69, 9.17) is 18.8 Å². The van der Waals surface area contributed by atoms with E-state index in [0.29, 0.717) is 11.5 Å². The molecule has 0 aliphatic heterocycles. The summed E-state index contributed by atoms with van der Waals surface area (Å²) in [5.41, 5.74) is 9.14. The maximum atomic E-state index is 6.36. The molecule has 0 amide bonds. The minimum atomic E-state index is 0.573. The van der Waals surface area contributed by atoms with Crippen LogP contribution in [0.5, 0.6) is 0 Å². The molecule has 0 fully saturated rings. The molecule has 5 heteroatoms. The average Bonchev–Trinajstić information content (AvgIpc) is 3.77. The van der Waals surface area contributed by atoms with Gasteiger partial charge >= 0.3 is 0 Å². The van der Waals surface area contributed by atoms with E-state index in [1.807, 2.05) is 60.7 Å². The van der Waals surface area contributed by atoms with Crippen molar-refractivity contribution in [2.24, 2.45) is 0 Å². The fourth-order valence-corrected chi connectivity index (χ4v) is 6.94. The van der Waals surface area contributed by atoms with Gasteiger partial charge in [0.05, 0.1) is 27.8 Å². The predicted molar refractivity (Wildman–Crippen MR) is 182 cm³/mol. The molecule has 210 valence electrons. The third-order valence-corrected chi connectivity index (χ3v) is 8.85. The first kappa shape index (κ1) is 24.3. The Balaban J connectivity index is 1.35. The highest BCUT2D eigenvalue weighted by Crippen LogP contribution is 2.44. The third-order valence-electron chi connectivity index (χ3n) is 8.85. The first-order valence-electron chi connectivity index (χ1n) is 15.0. The molecule has 0 spiro atoms. The molecule has 4 aromatic heterocycles. The van der Waals surface area contributed by atoms with Gasteiger partial charge in [-0.25, -0.2) is 4.98 Å². The van der Waals surface area contributed by atoms with Gasteiger partial charge in [-0.2, -0.15) is 4.98 Å². The number of fused-ring (bicyclic) bond motifs is 10. The summed E-state index contributed by atoms with van der Waals surface area (Å²) in [6.07, 6.45) is 0. The normalized spacial score (nSPS) is 12.0. The quantitative estimate of drug-likeness (QED) is 0.210. The molecule has 0 unspecified atom stereocenters. The van der Waals surface area contributed by atoms with Gasteiger partial charge in [0.15, 0.2) is 5.82 Å². The van der Waals surface area contributed by atoms with E-state index in [1.54, 1.807) is 0 Å². The second-order valence-electron chi connectivity index (χ2n) is 11.3. The number of hydrogen-bond acceptors (Lipinski definition) is 4. The molecule has 0 aliphatic rings.